The number of rotatable bonds is 2. The molecule has 0 aromatic heterocycles. The third-order valence-corrected chi connectivity index (χ3v) is 7.95. The van der Waals surface area contributed by atoms with Gasteiger partial charge in [-0.1, -0.05) is 61.3 Å². The van der Waals surface area contributed by atoms with E-state index in [9.17, 15) is 9.59 Å². The normalized spacial score (nSPS) is 28.8. The molecule has 1 fully saturated rings. The van der Waals surface area contributed by atoms with E-state index in [0.717, 1.165) is 11.1 Å². The van der Waals surface area contributed by atoms with Crippen molar-refractivity contribution in [2.75, 3.05) is 0 Å². The molecule has 2 aliphatic rings. The number of hydrogen-bond acceptors (Lipinski definition) is 2. The minimum atomic E-state index is -0.887. The first-order valence-electron chi connectivity index (χ1n) is 9.39. The lowest BCUT2D eigenvalue weighted by Crippen LogP contribution is -2.73. The number of carbonyl (C=O) groups is 2. The van der Waals surface area contributed by atoms with Crippen LogP contribution >= 0.6 is 23.2 Å². The molecule has 2 aromatic carbocycles. The lowest BCUT2D eigenvalue weighted by molar-refractivity contribution is -0.175. The Balaban J connectivity index is 2.04. The SMILES string of the molecule is CC1=C(C)C(=O)[C@]2(C)C(c3ccc(Cl)cc3)(c3ccc(Cl)cc3)C[C@]2(C)C1=O. The van der Waals surface area contributed by atoms with Gasteiger partial charge in [-0.15, -0.1) is 0 Å². The van der Waals surface area contributed by atoms with E-state index in [1.807, 2.05) is 62.4 Å². The summed E-state index contributed by atoms with van der Waals surface area (Å²) in [4.78, 5) is 27.0. The summed E-state index contributed by atoms with van der Waals surface area (Å²) in [5.74, 6) is 0.119. The average molecular weight is 413 g/mol. The number of carbonyl (C=O) groups excluding carboxylic acids is 2. The fraction of sp³-hybridized carbons (Fsp3) is 0.333. The van der Waals surface area contributed by atoms with Gasteiger partial charge in [-0.2, -0.15) is 0 Å². The first-order chi connectivity index (χ1) is 13.1. The highest BCUT2D eigenvalue weighted by Gasteiger charge is 2.77. The summed E-state index contributed by atoms with van der Waals surface area (Å²) in [5.41, 5.74) is 0.893. The third kappa shape index (κ3) is 2.11. The average Bonchev–Trinajstić information content (AvgIpc) is 2.69. The van der Waals surface area contributed by atoms with Crippen LogP contribution in [0.1, 0.15) is 45.2 Å². The molecule has 2 aromatic rings. The highest BCUT2D eigenvalue weighted by atomic mass is 35.5. The molecular weight excluding hydrogens is 391 g/mol. The molecule has 0 aliphatic heterocycles. The van der Waals surface area contributed by atoms with Gasteiger partial charge in [0.25, 0.3) is 0 Å². The maximum atomic E-state index is 13.7. The van der Waals surface area contributed by atoms with Crippen LogP contribution in [0.3, 0.4) is 0 Å². The van der Waals surface area contributed by atoms with E-state index >= 15 is 0 Å². The molecule has 0 amide bonds. The van der Waals surface area contributed by atoms with Crippen molar-refractivity contribution in [3.8, 4) is 0 Å². The Morgan fingerprint density at radius 2 is 1.11 bits per heavy atom. The third-order valence-electron chi connectivity index (χ3n) is 7.45. The van der Waals surface area contributed by atoms with Crippen molar-refractivity contribution in [1.82, 2.24) is 0 Å². The summed E-state index contributed by atoms with van der Waals surface area (Å²) in [6.45, 7) is 7.43. The van der Waals surface area contributed by atoms with Gasteiger partial charge in [0.05, 0.1) is 5.41 Å². The van der Waals surface area contributed by atoms with Crippen molar-refractivity contribution in [1.29, 1.82) is 0 Å². The van der Waals surface area contributed by atoms with Crippen LogP contribution in [0.15, 0.2) is 59.7 Å². The lowest BCUT2D eigenvalue weighted by Gasteiger charge is -2.69. The summed E-state index contributed by atoms with van der Waals surface area (Å²) >= 11 is 12.3. The van der Waals surface area contributed by atoms with Crippen molar-refractivity contribution < 1.29 is 9.59 Å². The topological polar surface area (TPSA) is 34.1 Å². The lowest BCUT2D eigenvalue weighted by atomic mass is 9.30. The molecule has 0 saturated heterocycles. The molecule has 4 heteroatoms. The van der Waals surface area contributed by atoms with E-state index in [1.54, 1.807) is 13.8 Å². The van der Waals surface area contributed by atoms with Crippen LogP contribution < -0.4 is 0 Å². The van der Waals surface area contributed by atoms with Crippen molar-refractivity contribution in [2.45, 2.75) is 39.5 Å². The van der Waals surface area contributed by atoms with Gasteiger partial charge in [0.15, 0.2) is 11.6 Å². The number of ketones is 2. The number of halogens is 2. The zero-order chi connectivity index (χ0) is 20.5. The van der Waals surface area contributed by atoms with E-state index in [4.69, 9.17) is 23.2 Å². The van der Waals surface area contributed by atoms with E-state index in [0.29, 0.717) is 27.6 Å². The number of Topliss-reactive ketones (excluding diaryl/α,β-unsaturated/α-hetero) is 2. The van der Waals surface area contributed by atoms with Gasteiger partial charge < -0.3 is 0 Å². The molecule has 0 spiro atoms. The maximum Gasteiger partial charge on any atom is 0.167 e. The Morgan fingerprint density at radius 1 is 0.714 bits per heavy atom. The second-order valence-corrected chi connectivity index (χ2v) is 9.33. The first kappa shape index (κ1) is 19.4. The number of benzene rings is 2. The molecule has 2 nitrogen and oxygen atoms in total. The van der Waals surface area contributed by atoms with Gasteiger partial charge in [0.1, 0.15) is 0 Å². The van der Waals surface area contributed by atoms with E-state index in [-0.39, 0.29) is 11.6 Å². The van der Waals surface area contributed by atoms with Crippen LogP contribution in [-0.4, -0.2) is 11.6 Å². The fourth-order valence-corrected chi connectivity index (χ4v) is 5.80. The largest absolute Gasteiger partial charge is 0.294 e. The van der Waals surface area contributed by atoms with Crippen molar-refractivity contribution >= 4 is 34.8 Å². The van der Waals surface area contributed by atoms with E-state index in [1.165, 1.54) is 0 Å². The second-order valence-electron chi connectivity index (χ2n) is 8.46. The number of hydrogen-bond donors (Lipinski definition) is 0. The maximum absolute atomic E-state index is 13.7. The Labute approximate surface area is 175 Å². The second kappa shape index (κ2) is 6.05. The Kier molecular flexibility index (Phi) is 4.19. The van der Waals surface area contributed by atoms with E-state index < -0.39 is 16.2 Å². The summed E-state index contributed by atoms with van der Waals surface area (Å²) in [7, 11) is 0. The number of allylic oxidation sites excluding steroid dienone is 2. The van der Waals surface area contributed by atoms with Crippen molar-refractivity contribution in [3.05, 3.63) is 80.8 Å². The Bertz CT molecular complexity index is 988. The standard InChI is InChI=1S/C24H22Cl2O2/c1-14-15(2)21(28)23(4)22(3,20(14)27)13-24(23,16-5-9-18(25)10-6-16)17-7-11-19(26)12-8-17/h5-12H,13H2,1-4H3/t22-,23+/m1/s1. The van der Waals surface area contributed by atoms with Crippen LogP contribution in [0.5, 0.6) is 0 Å². The van der Waals surface area contributed by atoms with Gasteiger partial charge in [0.2, 0.25) is 0 Å². The quantitative estimate of drug-likeness (QED) is 0.589. The molecule has 0 radical (unpaired) electrons. The summed E-state index contributed by atoms with van der Waals surface area (Å²) in [6, 6.07) is 15.3. The van der Waals surface area contributed by atoms with Gasteiger partial charge in [-0.3, -0.25) is 9.59 Å². The number of fused-ring (bicyclic) bond motifs is 1. The highest BCUT2D eigenvalue weighted by molar-refractivity contribution is 6.31. The molecule has 2 atom stereocenters. The van der Waals surface area contributed by atoms with Gasteiger partial charge >= 0.3 is 0 Å². The summed E-state index contributed by atoms with van der Waals surface area (Å²) < 4.78 is 0. The predicted octanol–water partition coefficient (Wildman–Crippen LogP) is 6.18. The molecule has 144 valence electrons. The molecule has 0 N–H and O–H groups in total. The van der Waals surface area contributed by atoms with Crippen LogP contribution in [0.2, 0.25) is 10.0 Å². The molecule has 1 saturated carbocycles. The Morgan fingerprint density at radius 3 is 1.54 bits per heavy atom. The molecule has 2 aliphatic carbocycles. The summed E-state index contributed by atoms with van der Waals surface area (Å²) in [6.07, 6.45) is 0.564. The van der Waals surface area contributed by atoms with Crippen molar-refractivity contribution in [2.24, 2.45) is 10.8 Å². The summed E-state index contributed by atoms with van der Waals surface area (Å²) in [5, 5.41) is 1.28. The zero-order valence-electron chi connectivity index (χ0n) is 16.4. The molecule has 28 heavy (non-hydrogen) atoms. The Hall–Kier alpha value is -1.90. The molecule has 0 heterocycles. The van der Waals surface area contributed by atoms with Crippen LogP contribution in [-0.2, 0) is 15.0 Å². The first-order valence-corrected chi connectivity index (χ1v) is 10.1. The zero-order valence-corrected chi connectivity index (χ0v) is 17.9. The molecule has 0 unspecified atom stereocenters. The van der Waals surface area contributed by atoms with Gasteiger partial charge in [-0.25, -0.2) is 0 Å². The smallest absolute Gasteiger partial charge is 0.167 e. The van der Waals surface area contributed by atoms with Crippen LogP contribution in [0, 0.1) is 10.8 Å². The van der Waals surface area contributed by atoms with Gasteiger partial charge in [-0.05, 0) is 66.8 Å². The van der Waals surface area contributed by atoms with Crippen LogP contribution in [0.25, 0.3) is 0 Å². The fourth-order valence-electron chi connectivity index (χ4n) is 5.55. The molecule has 4 rings (SSSR count). The van der Waals surface area contributed by atoms with Crippen molar-refractivity contribution in [3.63, 3.8) is 0 Å². The van der Waals surface area contributed by atoms with Crippen LogP contribution in [0.4, 0.5) is 0 Å². The minimum absolute atomic E-state index is 0.0447. The van der Waals surface area contributed by atoms with E-state index in [2.05, 4.69) is 0 Å². The minimum Gasteiger partial charge on any atom is -0.294 e. The van der Waals surface area contributed by atoms with Gasteiger partial charge in [0, 0.05) is 20.9 Å². The predicted molar refractivity (Wildman–Crippen MR) is 113 cm³/mol. The molecule has 0 bridgehead atoms. The highest BCUT2D eigenvalue weighted by Crippen LogP contribution is 2.74. The molecular formula is C24H22Cl2O2. The monoisotopic (exact) mass is 412 g/mol.